The molecular weight excluding hydrogens is 398 g/mol. The van der Waals surface area contributed by atoms with Gasteiger partial charge in [0.15, 0.2) is 0 Å². The monoisotopic (exact) mass is 413 g/mol. The second-order valence-corrected chi connectivity index (χ2v) is 6.87. The van der Waals surface area contributed by atoms with Crippen LogP contribution in [0.3, 0.4) is 0 Å². The number of allylic oxidation sites excluding steroid dienone is 1. The van der Waals surface area contributed by atoms with Gasteiger partial charge < -0.3 is 9.15 Å². The van der Waals surface area contributed by atoms with E-state index in [1.165, 1.54) is 0 Å². The first-order valence-corrected chi connectivity index (χ1v) is 9.57. The average molecular weight is 414 g/mol. The number of aromatic nitrogens is 2. The van der Waals surface area contributed by atoms with Crippen molar-refractivity contribution in [1.82, 2.24) is 10.2 Å². The maximum Gasteiger partial charge on any atom is 0.258 e. The second-order valence-electron chi connectivity index (χ2n) is 6.43. The lowest BCUT2D eigenvalue weighted by Crippen LogP contribution is -1.95. The van der Waals surface area contributed by atoms with Gasteiger partial charge in [-0.2, -0.15) is 5.26 Å². The van der Waals surface area contributed by atoms with Gasteiger partial charge in [0, 0.05) is 10.6 Å². The fourth-order valence-corrected chi connectivity index (χ4v) is 2.87. The van der Waals surface area contributed by atoms with Gasteiger partial charge in [-0.3, -0.25) is 0 Å². The van der Waals surface area contributed by atoms with E-state index in [4.69, 9.17) is 20.8 Å². The highest BCUT2D eigenvalue weighted by molar-refractivity contribution is 6.30. The average Bonchev–Trinajstić information content (AvgIpc) is 3.28. The van der Waals surface area contributed by atoms with Crippen molar-refractivity contribution in [3.8, 4) is 23.3 Å². The Morgan fingerprint density at radius 1 is 0.967 bits per heavy atom. The summed E-state index contributed by atoms with van der Waals surface area (Å²) in [5.41, 5.74) is 2.96. The molecule has 0 unspecified atom stereocenters. The molecule has 5 nitrogen and oxygen atoms in total. The third-order valence-electron chi connectivity index (χ3n) is 4.31. The van der Waals surface area contributed by atoms with Crippen LogP contribution in [0, 0.1) is 11.3 Å². The van der Waals surface area contributed by atoms with Crippen LogP contribution in [0.25, 0.3) is 23.1 Å². The molecule has 0 saturated carbocycles. The summed E-state index contributed by atoms with van der Waals surface area (Å²) in [6, 6.07) is 26.5. The molecule has 0 N–H and O–H groups in total. The molecule has 0 aliphatic carbocycles. The predicted molar refractivity (Wildman–Crippen MR) is 115 cm³/mol. The summed E-state index contributed by atoms with van der Waals surface area (Å²) in [6.45, 7) is 0.426. The number of nitrogens with zero attached hydrogens (tertiary/aromatic N) is 3. The maximum absolute atomic E-state index is 9.46. The van der Waals surface area contributed by atoms with E-state index in [0.29, 0.717) is 23.1 Å². The smallest absolute Gasteiger partial charge is 0.258 e. The van der Waals surface area contributed by atoms with Crippen molar-refractivity contribution in [3.63, 3.8) is 0 Å². The Hall–Kier alpha value is -3.88. The van der Waals surface area contributed by atoms with Gasteiger partial charge in [-0.05, 0) is 53.6 Å². The van der Waals surface area contributed by atoms with Crippen molar-refractivity contribution in [3.05, 3.63) is 101 Å². The van der Waals surface area contributed by atoms with Gasteiger partial charge in [-0.15, -0.1) is 10.2 Å². The van der Waals surface area contributed by atoms with E-state index >= 15 is 0 Å². The summed E-state index contributed by atoms with van der Waals surface area (Å²) < 4.78 is 11.5. The van der Waals surface area contributed by atoms with Crippen molar-refractivity contribution in [2.75, 3.05) is 0 Å². The topological polar surface area (TPSA) is 71.9 Å². The molecule has 0 aliphatic rings. The molecule has 0 spiro atoms. The molecule has 4 rings (SSSR count). The molecule has 0 fully saturated rings. The van der Waals surface area contributed by atoms with Crippen molar-refractivity contribution < 1.29 is 9.15 Å². The first-order chi connectivity index (χ1) is 14.7. The molecule has 0 aliphatic heterocycles. The van der Waals surface area contributed by atoms with Crippen molar-refractivity contribution in [2.24, 2.45) is 0 Å². The van der Waals surface area contributed by atoms with Crippen molar-refractivity contribution in [1.29, 1.82) is 5.26 Å². The number of nitriles is 1. The molecule has 146 valence electrons. The van der Waals surface area contributed by atoms with Crippen LogP contribution in [-0.2, 0) is 6.61 Å². The van der Waals surface area contributed by atoms with E-state index < -0.39 is 0 Å². The molecule has 30 heavy (non-hydrogen) atoms. The SMILES string of the molecule is N#C/C(=C/c1ccccc1)c1nnc(-c2ccc(COc3ccc(Cl)cc3)cc2)o1. The summed E-state index contributed by atoms with van der Waals surface area (Å²) in [4.78, 5) is 0. The van der Waals surface area contributed by atoms with Crippen LogP contribution in [0.1, 0.15) is 17.0 Å². The van der Waals surface area contributed by atoms with Crippen LogP contribution in [0.5, 0.6) is 5.75 Å². The normalized spacial score (nSPS) is 11.1. The zero-order valence-corrected chi connectivity index (χ0v) is 16.6. The molecule has 6 heteroatoms. The van der Waals surface area contributed by atoms with Gasteiger partial charge in [0.2, 0.25) is 5.89 Å². The van der Waals surface area contributed by atoms with Gasteiger partial charge in [-0.1, -0.05) is 54.1 Å². The fourth-order valence-electron chi connectivity index (χ4n) is 2.75. The highest BCUT2D eigenvalue weighted by atomic mass is 35.5. The summed E-state index contributed by atoms with van der Waals surface area (Å²) in [6.07, 6.45) is 1.72. The molecule has 0 saturated heterocycles. The quantitative estimate of drug-likeness (QED) is 0.361. The predicted octanol–water partition coefficient (Wildman–Crippen LogP) is 6.03. The third kappa shape index (κ3) is 4.75. The van der Waals surface area contributed by atoms with Crippen molar-refractivity contribution in [2.45, 2.75) is 6.61 Å². The lowest BCUT2D eigenvalue weighted by Gasteiger charge is -2.06. The van der Waals surface area contributed by atoms with Crippen LogP contribution in [0.2, 0.25) is 5.02 Å². The number of hydrogen-bond acceptors (Lipinski definition) is 5. The van der Waals surface area contributed by atoms with Gasteiger partial charge in [-0.25, -0.2) is 0 Å². The van der Waals surface area contributed by atoms with Crippen LogP contribution in [-0.4, -0.2) is 10.2 Å². The van der Waals surface area contributed by atoms with E-state index in [1.807, 2.05) is 66.7 Å². The standard InChI is InChI=1S/C24H16ClN3O2/c25-21-10-12-22(13-11-21)29-16-18-6-8-19(9-7-18)23-27-28-24(30-23)20(15-26)14-17-4-2-1-3-5-17/h1-14H,16H2/b20-14-. The first-order valence-electron chi connectivity index (χ1n) is 9.20. The molecule has 0 atom stereocenters. The Bertz CT molecular complexity index is 1190. The van der Waals surface area contributed by atoms with Crippen LogP contribution in [0.15, 0.2) is 83.3 Å². The van der Waals surface area contributed by atoms with Gasteiger partial charge in [0.1, 0.15) is 24.0 Å². The van der Waals surface area contributed by atoms with Gasteiger partial charge in [0.05, 0.1) is 0 Å². The summed E-state index contributed by atoms with van der Waals surface area (Å²) >= 11 is 5.88. The minimum Gasteiger partial charge on any atom is -0.489 e. The lowest BCUT2D eigenvalue weighted by molar-refractivity contribution is 0.306. The summed E-state index contributed by atoms with van der Waals surface area (Å²) in [5.74, 6) is 1.29. The van der Waals surface area contributed by atoms with E-state index in [1.54, 1.807) is 18.2 Å². The summed E-state index contributed by atoms with van der Waals surface area (Å²) in [7, 11) is 0. The van der Waals surface area contributed by atoms with Crippen LogP contribution >= 0.6 is 11.6 Å². The Labute approximate surface area is 178 Å². The van der Waals surface area contributed by atoms with Crippen LogP contribution < -0.4 is 4.74 Å². The van der Waals surface area contributed by atoms with E-state index in [-0.39, 0.29) is 5.89 Å². The molecule has 1 aromatic heterocycles. The first kappa shape index (κ1) is 19.4. The van der Waals surface area contributed by atoms with Gasteiger partial charge >= 0.3 is 0 Å². The molecule has 0 bridgehead atoms. The molecule has 3 aromatic carbocycles. The Balaban J connectivity index is 1.46. The van der Waals surface area contributed by atoms with Gasteiger partial charge in [0.25, 0.3) is 5.89 Å². The molecule has 0 radical (unpaired) electrons. The van der Waals surface area contributed by atoms with E-state index in [0.717, 1.165) is 22.4 Å². The number of ether oxygens (including phenoxy) is 1. The highest BCUT2D eigenvalue weighted by Crippen LogP contribution is 2.23. The lowest BCUT2D eigenvalue weighted by atomic mass is 10.1. The van der Waals surface area contributed by atoms with Crippen LogP contribution in [0.4, 0.5) is 0 Å². The Morgan fingerprint density at radius 3 is 2.40 bits per heavy atom. The molecule has 1 heterocycles. The highest BCUT2D eigenvalue weighted by Gasteiger charge is 2.13. The largest absolute Gasteiger partial charge is 0.489 e. The zero-order valence-electron chi connectivity index (χ0n) is 15.8. The summed E-state index contributed by atoms with van der Waals surface area (Å²) in [5, 5.41) is 18.2. The number of halogens is 1. The minimum absolute atomic E-state index is 0.187. The second kappa shape index (κ2) is 9.08. The van der Waals surface area contributed by atoms with E-state index in [2.05, 4.69) is 16.3 Å². The third-order valence-corrected chi connectivity index (χ3v) is 4.56. The molecule has 0 amide bonds. The Kier molecular flexibility index (Phi) is 5.88. The minimum atomic E-state index is 0.187. The van der Waals surface area contributed by atoms with Crippen molar-refractivity contribution >= 4 is 23.3 Å². The van der Waals surface area contributed by atoms with E-state index in [9.17, 15) is 5.26 Å². The number of hydrogen-bond donors (Lipinski definition) is 0. The molecular formula is C24H16ClN3O2. The Morgan fingerprint density at radius 2 is 1.70 bits per heavy atom. The zero-order chi connectivity index (χ0) is 20.8. The fraction of sp³-hybridized carbons (Fsp3) is 0.0417. The molecule has 4 aromatic rings. The number of benzene rings is 3. The maximum atomic E-state index is 9.46. The number of rotatable bonds is 6.